The van der Waals surface area contributed by atoms with Crippen LogP contribution >= 0.6 is 11.6 Å². The Morgan fingerprint density at radius 1 is 1.24 bits per heavy atom. The third-order valence-electron chi connectivity index (χ3n) is 6.68. The molecule has 0 bridgehead atoms. The number of pyridine rings is 1. The van der Waals surface area contributed by atoms with E-state index < -0.39 is 27.7 Å². The summed E-state index contributed by atoms with van der Waals surface area (Å²) in [5, 5.41) is 11.7. The molecule has 5 rings (SSSR count). The van der Waals surface area contributed by atoms with Crippen LogP contribution in [0.25, 0.3) is 10.9 Å². The van der Waals surface area contributed by atoms with Crippen LogP contribution in [0.4, 0.5) is 5.69 Å². The van der Waals surface area contributed by atoms with Crippen molar-refractivity contribution in [2.75, 3.05) is 25.1 Å². The number of fused-ring (bicyclic) bond motifs is 2. The molecular weight excluding hydrogens is 478 g/mol. The van der Waals surface area contributed by atoms with Crippen LogP contribution in [0, 0.1) is 0 Å². The Labute approximate surface area is 202 Å². The van der Waals surface area contributed by atoms with Gasteiger partial charge in [0.05, 0.1) is 39.8 Å². The lowest BCUT2D eigenvalue weighted by atomic mass is 10.1. The van der Waals surface area contributed by atoms with Gasteiger partial charge >= 0.3 is 0 Å². The van der Waals surface area contributed by atoms with E-state index in [1.165, 1.54) is 10.4 Å². The smallest absolute Gasteiger partial charge is 0.253 e. The predicted octanol–water partition coefficient (Wildman–Crippen LogP) is 3.11. The first-order chi connectivity index (χ1) is 16.3. The number of aliphatic hydroxyl groups excluding tert-OH is 1. The number of rotatable bonds is 5. The average molecular weight is 504 g/mol. The molecule has 0 amide bonds. The third kappa shape index (κ3) is 4.07. The summed E-state index contributed by atoms with van der Waals surface area (Å²) in [6.45, 7) is 1.01. The molecule has 1 aliphatic carbocycles. The first-order valence-electron chi connectivity index (χ1n) is 11.2. The van der Waals surface area contributed by atoms with Gasteiger partial charge in [-0.2, -0.15) is 4.31 Å². The Hall–Kier alpha value is -2.59. The zero-order valence-corrected chi connectivity index (χ0v) is 20.3. The highest BCUT2D eigenvalue weighted by Gasteiger charge is 2.39. The van der Waals surface area contributed by atoms with Gasteiger partial charge in [0.25, 0.3) is 5.56 Å². The summed E-state index contributed by atoms with van der Waals surface area (Å²) in [5.74, 6) is 0.500. The van der Waals surface area contributed by atoms with Crippen molar-refractivity contribution in [1.82, 2.24) is 9.29 Å². The van der Waals surface area contributed by atoms with Gasteiger partial charge in [0.1, 0.15) is 12.4 Å². The number of ether oxygens (including phenoxy) is 1. The molecule has 0 radical (unpaired) electrons. The lowest BCUT2D eigenvalue weighted by Gasteiger charge is -2.31. The molecule has 1 aromatic heterocycles. The molecule has 2 aromatic carbocycles. The van der Waals surface area contributed by atoms with Crippen LogP contribution in [0.2, 0.25) is 5.02 Å². The van der Waals surface area contributed by atoms with Gasteiger partial charge in [-0.3, -0.25) is 4.79 Å². The number of hydrogen-bond acceptors (Lipinski definition) is 6. The van der Waals surface area contributed by atoms with Gasteiger partial charge in [-0.25, -0.2) is 8.42 Å². The summed E-state index contributed by atoms with van der Waals surface area (Å²) in [5.41, 5.74) is 1.19. The Morgan fingerprint density at radius 2 is 2.06 bits per heavy atom. The highest BCUT2D eigenvalue weighted by Crippen LogP contribution is 2.36. The number of H-pyrrole nitrogens is 1. The molecule has 180 valence electrons. The molecule has 10 heteroatoms. The summed E-state index contributed by atoms with van der Waals surface area (Å²) in [6, 6.07) is 11.1. The number of halogens is 1. The number of aromatic nitrogens is 1. The van der Waals surface area contributed by atoms with Crippen LogP contribution in [0.1, 0.15) is 24.8 Å². The maximum absolute atomic E-state index is 13.9. The number of anilines is 1. The van der Waals surface area contributed by atoms with Crippen molar-refractivity contribution in [3.05, 3.63) is 63.4 Å². The molecule has 0 unspecified atom stereocenters. The number of sulfonamides is 1. The Kier molecular flexibility index (Phi) is 6.05. The SMILES string of the molecule is CN1CCOc2cc(S(=O)(=O)N(Cc3cc4cccc(Cl)c4[nH]c3=O)[C@H]3CCC[C@@H]3O)ccc21. The lowest BCUT2D eigenvalue weighted by molar-refractivity contribution is 0.110. The Morgan fingerprint density at radius 3 is 2.82 bits per heavy atom. The zero-order valence-electron chi connectivity index (χ0n) is 18.7. The van der Waals surface area contributed by atoms with Crippen molar-refractivity contribution in [2.24, 2.45) is 0 Å². The van der Waals surface area contributed by atoms with E-state index in [2.05, 4.69) is 4.98 Å². The van der Waals surface area contributed by atoms with E-state index in [9.17, 15) is 18.3 Å². The second kappa shape index (κ2) is 8.88. The van der Waals surface area contributed by atoms with Gasteiger partial charge in [-0.05, 0) is 43.5 Å². The summed E-state index contributed by atoms with van der Waals surface area (Å²) >= 11 is 6.21. The van der Waals surface area contributed by atoms with E-state index in [1.807, 2.05) is 11.9 Å². The van der Waals surface area contributed by atoms with E-state index in [-0.39, 0.29) is 17.0 Å². The second-order valence-electron chi connectivity index (χ2n) is 8.84. The van der Waals surface area contributed by atoms with E-state index in [1.54, 1.807) is 36.4 Å². The van der Waals surface area contributed by atoms with Crippen molar-refractivity contribution in [1.29, 1.82) is 0 Å². The van der Waals surface area contributed by atoms with Crippen LogP contribution in [0.3, 0.4) is 0 Å². The fourth-order valence-electron chi connectivity index (χ4n) is 4.80. The molecule has 8 nitrogen and oxygen atoms in total. The fraction of sp³-hybridized carbons (Fsp3) is 0.375. The van der Waals surface area contributed by atoms with Gasteiger partial charge in [0, 0.05) is 30.6 Å². The van der Waals surface area contributed by atoms with Gasteiger partial charge in [-0.15, -0.1) is 0 Å². The molecule has 0 spiro atoms. The van der Waals surface area contributed by atoms with Crippen LogP contribution in [0.5, 0.6) is 5.75 Å². The first kappa shape index (κ1) is 23.2. The summed E-state index contributed by atoms with van der Waals surface area (Å²) in [6.07, 6.45) is 0.934. The fourth-order valence-corrected chi connectivity index (χ4v) is 6.70. The summed E-state index contributed by atoms with van der Waals surface area (Å²) < 4.78 is 34.7. The molecule has 1 aliphatic heterocycles. The lowest BCUT2D eigenvalue weighted by Crippen LogP contribution is -2.44. The molecule has 2 aliphatic rings. The van der Waals surface area contributed by atoms with Crippen molar-refractivity contribution < 1.29 is 18.3 Å². The Balaban J connectivity index is 1.58. The first-order valence-corrected chi connectivity index (χ1v) is 13.1. The molecular formula is C24H26ClN3O5S. The molecule has 1 fully saturated rings. The van der Waals surface area contributed by atoms with Crippen molar-refractivity contribution >= 4 is 38.2 Å². The van der Waals surface area contributed by atoms with Crippen molar-refractivity contribution in [2.45, 2.75) is 42.8 Å². The maximum atomic E-state index is 13.9. The van der Waals surface area contributed by atoms with E-state index in [0.717, 1.165) is 5.69 Å². The second-order valence-corrected chi connectivity index (χ2v) is 11.1. The normalized spacial score (nSPS) is 20.5. The number of aliphatic hydroxyl groups is 1. The largest absolute Gasteiger partial charge is 0.490 e. The molecule has 1 saturated carbocycles. The van der Waals surface area contributed by atoms with Crippen molar-refractivity contribution in [3.8, 4) is 5.75 Å². The van der Waals surface area contributed by atoms with Crippen LogP contribution in [-0.4, -0.2) is 55.2 Å². The summed E-state index contributed by atoms with van der Waals surface area (Å²) in [4.78, 5) is 17.7. The van der Waals surface area contributed by atoms with Crippen LogP contribution in [-0.2, 0) is 16.6 Å². The van der Waals surface area contributed by atoms with E-state index in [4.69, 9.17) is 16.3 Å². The van der Waals surface area contributed by atoms with Gasteiger partial charge in [-0.1, -0.05) is 23.7 Å². The minimum atomic E-state index is -4.05. The molecule has 0 saturated heterocycles. The number of para-hydroxylation sites is 1. The minimum absolute atomic E-state index is 0.0703. The predicted molar refractivity (Wildman–Crippen MR) is 131 cm³/mol. The average Bonchev–Trinajstić information content (AvgIpc) is 3.23. The monoisotopic (exact) mass is 503 g/mol. The zero-order chi connectivity index (χ0) is 24.0. The standard InChI is InChI=1S/C24H26ClN3O5S/c1-27-10-11-33-22-13-17(8-9-20(22)27)34(31,32)28(19-6-3-7-21(19)29)14-16-12-15-4-2-5-18(25)23(15)26-24(16)30/h2,4-5,8-9,12-13,19,21,29H,3,6-7,10-11,14H2,1H3,(H,26,30)/t19-,21-/m0/s1. The summed E-state index contributed by atoms with van der Waals surface area (Å²) in [7, 11) is -2.12. The van der Waals surface area contributed by atoms with Gasteiger partial charge in [0.15, 0.2) is 0 Å². The molecule has 34 heavy (non-hydrogen) atoms. The molecule has 2 heterocycles. The number of hydrogen-bond donors (Lipinski definition) is 2. The highest BCUT2D eigenvalue weighted by atomic mass is 35.5. The highest BCUT2D eigenvalue weighted by molar-refractivity contribution is 7.89. The molecule has 2 N–H and O–H groups in total. The number of nitrogens with one attached hydrogen (secondary N) is 1. The van der Waals surface area contributed by atoms with E-state index >= 15 is 0 Å². The Bertz CT molecular complexity index is 1410. The number of benzene rings is 2. The van der Waals surface area contributed by atoms with Crippen LogP contribution in [0.15, 0.2) is 52.2 Å². The minimum Gasteiger partial charge on any atom is -0.490 e. The number of nitrogens with zero attached hydrogens (tertiary/aromatic N) is 2. The van der Waals surface area contributed by atoms with Crippen molar-refractivity contribution in [3.63, 3.8) is 0 Å². The maximum Gasteiger partial charge on any atom is 0.253 e. The van der Waals surface area contributed by atoms with Gasteiger partial charge < -0.3 is 19.7 Å². The quantitative estimate of drug-likeness (QED) is 0.554. The number of likely N-dealkylation sites (N-methyl/N-ethyl adjacent to an activating group) is 1. The number of aromatic amines is 1. The van der Waals surface area contributed by atoms with Gasteiger partial charge in [0.2, 0.25) is 10.0 Å². The topological polar surface area (TPSA) is 103 Å². The third-order valence-corrected chi connectivity index (χ3v) is 8.86. The molecule has 2 atom stereocenters. The van der Waals surface area contributed by atoms with E-state index in [0.29, 0.717) is 54.1 Å². The van der Waals surface area contributed by atoms with Crippen LogP contribution < -0.4 is 15.2 Å². The molecule has 3 aromatic rings.